The van der Waals surface area contributed by atoms with Crippen LogP contribution >= 0.6 is 0 Å². The van der Waals surface area contributed by atoms with Crippen LogP contribution in [-0.2, 0) is 26.2 Å². The molecule has 0 aliphatic carbocycles. The van der Waals surface area contributed by atoms with E-state index < -0.39 is 28.5 Å². The number of sulfonamides is 1. The highest BCUT2D eigenvalue weighted by Gasteiger charge is 2.34. The summed E-state index contributed by atoms with van der Waals surface area (Å²) in [4.78, 5) is 28.5. The first-order chi connectivity index (χ1) is 21.0. The lowest BCUT2D eigenvalue weighted by molar-refractivity contribution is -0.139. The fraction of sp³-hybridized carbons (Fsp3) is 0.375. The van der Waals surface area contributed by atoms with Gasteiger partial charge in [-0.15, -0.1) is 0 Å². The van der Waals surface area contributed by atoms with Crippen LogP contribution in [0, 0.1) is 6.92 Å². The van der Waals surface area contributed by atoms with Gasteiger partial charge in [-0.1, -0.05) is 36.8 Å². The van der Waals surface area contributed by atoms with Crippen LogP contribution < -0.4 is 28.6 Å². The highest BCUT2D eigenvalue weighted by Crippen LogP contribution is 2.37. The molecule has 0 heterocycles. The maximum atomic E-state index is 14.4. The Morgan fingerprint density at radius 3 is 2.07 bits per heavy atom. The van der Waals surface area contributed by atoms with Gasteiger partial charge < -0.3 is 29.2 Å². The van der Waals surface area contributed by atoms with Crippen molar-refractivity contribution in [2.45, 2.75) is 44.7 Å². The first-order valence-electron chi connectivity index (χ1n) is 14.1. The number of nitrogens with zero attached hydrogens (tertiary/aromatic N) is 2. The third-order valence-corrected chi connectivity index (χ3v) is 8.82. The van der Waals surface area contributed by atoms with E-state index in [0.29, 0.717) is 18.0 Å². The third kappa shape index (κ3) is 7.93. The van der Waals surface area contributed by atoms with Crippen LogP contribution in [-0.4, -0.2) is 72.7 Å². The average molecular weight is 628 g/mol. The van der Waals surface area contributed by atoms with Gasteiger partial charge in [-0.25, -0.2) is 8.42 Å². The summed E-state index contributed by atoms with van der Waals surface area (Å²) in [5, 5.41) is 2.83. The minimum Gasteiger partial charge on any atom is -0.497 e. The van der Waals surface area contributed by atoms with Crippen LogP contribution in [0.3, 0.4) is 0 Å². The molecule has 3 aromatic carbocycles. The van der Waals surface area contributed by atoms with Gasteiger partial charge in [0.25, 0.3) is 10.0 Å². The molecule has 3 aromatic rings. The molecule has 0 unspecified atom stereocenters. The van der Waals surface area contributed by atoms with Crippen LogP contribution in [0.2, 0.25) is 0 Å². The first-order valence-corrected chi connectivity index (χ1v) is 15.5. The Morgan fingerprint density at radius 1 is 0.841 bits per heavy atom. The predicted molar refractivity (Wildman–Crippen MR) is 168 cm³/mol. The Hall–Kier alpha value is -4.45. The van der Waals surface area contributed by atoms with Gasteiger partial charge in [0.1, 0.15) is 24.1 Å². The molecule has 0 radical (unpaired) electrons. The van der Waals surface area contributed by atoms with Gasteiger partial charge >= 0.3 is 0 Å². The van der Waals surface area contributed by atoms with Crippen molar-refractivity contribution in [3.05, 3.63) is 71.8 Å². The van der Waals surface area contributed by atoms with Crippen molar-refractivity contribution in [2.24, 2.45) is 0 Å². The molecule has 238 valence electrons. The molecule has 0 aliphatic heterocycles. The molecule has 2 amide bonds. The molecule has 0 fully saturated rings. The molecular weight excluding hydrogens is 586 g/mol. The van der Waals surface area contributed by atoms with E-state index in [1.807, 2.05) is 38.1 Å². The number of amides is 2. The molecule has 0 aliphatic rings. The zero-order chi connectivity index (χ0) is 32.4. The number of benzene rings is 3. The summed E-state index contributed by atoms with van der Waals surface area (Å²) in [6, 6.07) is 15.5. The van der Waals surface area contributed by atoms with E-state index in [-0.39, 0.29) is 34.5 Å². The highest BCUT2D eigenvalue weighted by atomic mass is 32.2. The number of carbonyl (C=O) groups excluding carboxylic acids is 2. The number of methoxy groups -OCH3 is 4. The maximum absolute atomic E-state index is 14.4. The molecule has 0 spiro atoms. The summed E-state index contributed by atoms with van der Waals surface area (Å²) in [6.07, 6.45) is 0.720. The molecule has 3 rings (SSSR count). The zero-order valence-corrected chi connectivity index (χ0v) is 27.1. The lowest BCUT2D eigenvalue weighted by Gasteiger charge is -2.32. The first kappa shape index (κ1) is 34.0. The smallest absolute Gasteiger partial charge is 0.265 e. The maximum Gasteiger partial charge on any atom is 0.265 e. The molecule has 0 saturated heterocycles. The van der Waals surface area contributed by atoms with Gasteiger partial charge in [-0.05, 0) is 50.1 Å². The summed E-state index contributed by atoms with van der Waals surface area (Å²) in [7, 11) is 1.27. The number of rotatable bonds is 15. The number of hydrogen-bond donors (Lipinski definition) is 1. The number of nitrogens with one attached hydrogen (secondary N) is 1. The Kier molecular flexibility index (Phi) is 11.9. The van der Waals surface area contributed by atoms with E-state index in [4.69, 9.17) is 18.9 Å². The molecular formula is C32H41N3O8S. The van der Waals surface area contributed by atoms with Gasteiger partial charge in [0, 0.05) is 25.2 Å². The lowest BCUT2D eigenvalue weighted by Crippen LogP contribution is -2.51. The Labute approximate surface area is 259 Å². The minimum absolute atomic E-state index is 0.0772. The van der Waals surface area contributed by atoms with Crippen molar-refractivity contribution in [1.29, 1.82) is 0 Å². The van der Waals surface area contributed by atoms with Crippen LogP contribution in [0.1, 0.15) is 31.4 Å². The van der Waals surface area contributed by atoms with E-state index in [0.717, 1.165) is 21.9 Å². The molecule has 0 saturated carbocycles. The van der Waals surface area contributed by atoms with E-state index in [2.05, 4.69) is 5.32 Å². The van der Waals surface area contributed by atoms with Crippen molar-refractivity contribution in [3.8, 4) is 23.0 Å². The number of hydrogen-bond acceptors (Lipinski definition) is 8. The van der Waals surface area contributed by atoms with Gasteiger partial charge in [0.15, 0.2) is 11.5 Å². The summed E-state index contributed by atoms with van der Waals surface area (Å²) in [5.41, 5.74) is 1.90. The lowest BCUT2D eigenvalue weighted by atomic mass is 10.1. The number of carbonyl (C=O) groups is 2. The quantitative estimate of drug-likeness (QED) is 0.266. The standard InChI is InChI=1S/C32H41N3O8S/c1-8-17-33-32(37)23(3)34(20-24-11-9-22(2)10-12-24)31(36)21-35(27-18-25(40-4)13-15-28(27)41-5)44(38,39)26-14-16-29(42-6)30(19-26)43-7/h9-16,18-19,23H,8,17,20-21H2,1-7H3,(H,33,37)/t23-/m0/s1. The molecule has 44 heavy (non-hydrogen) atoms. The van der Waals surface area contributed by atoms with Crippen molar-refractivity contribution >= 4 is 27.5 Å². The van der Waals surface area contributed by atoms with E-state index in [1.165, 1.54) is 57.6 Å². The fourth-order valence-electron chi connectivity index (χ4n) is 4.48. The summed E-state index contributed by atoms with van der Waals surface area (Å²) >= 11 is 0. The molecule has 0 bridgehead atoms. The van der Waals surface area contributed by atoms with Crippen LogP contribution in [0.4, 0.5) is 5.69 Å². The van der Waals surface area contributed by atoms with Crippen molar-refractivity contribution in [1.82, 2.24) is 10.2 Å². The second-order valence-electron chi connectivity index (χ2n) is 10.0. The number of ether oxygens (including phenoxy) is 4. The minimum atomic E-state index is -4.42. The van der Waals surface area contributed by atoms with Crippen molar-refractivity contribution < 1.29 is 37.0 Å². The van der Waals surface area contributed by atoms with Gasteiger partial charge in [-0.3, -0.25) is 13.9 Å². The SMILES string of the molecule is CCCNC(=O)[C@H](C)N(Cc1ccc(C)cc1)C(=O)CN(c1cc(OC)ccc1OC)S(=O)(=O)c1ccc(OC)c(OC)c1. The zero-order valence-electron chi connectivity index (χ0n) is 26.2. The van der Waals surface area contributed by atoms with Crippen LogP contribution in [0.25, 0.3) is 0 Å². The van der Waals surface area contributed by atoms with Crippen molar-refractivity contribution in [3.63, 3.8) is 0 Å². The average Bonchev–Trinajstić information content (AvgIpc) is 3.04. The van der Waals surface area contributed by atoms with E-state index >= 15 is 0 Å². The second-order valence-corrected chi connectivity index (χ2v) is 11.9. The molecule has 12 heteroatoms. The summed E-state index contributed by atoms with van der Waals surface area (Å²) in [5.74, 6) is 0.133. The third-order valence-electron chi connectivity index (χ3n) is 7.07. The van der Waals surface area contributed by atoms with E-state index in [9.17, 15) is 18.0 Å². The Morgan fingerprint density at radius 2 is 1.48 bits per heavy atom. The largest absolute Gasteiger partial charge is 0.497 e. The molecule has 1 N–H and O–H groups in total. The fourth-order valence-corrected chi connectivity index (χ4v) is 5.91. The van der Waals surface area contributed by atoms with Crippen LogP contribution in [0.5, 0.6) is 23.0 Å². The normalized spacial score (nSPS) is 11.7. The van der Waals surface area contributed by atoms with Gasteiger partial charge in [0.2, 0.25) is 11.8 Å². The monoisotopic (exact) mass is 627 g/mol. The molecule has 1 atom stereocenters. The van der Waals surface area contributed by atoms with Gasteiger partial charge in [0.05, 0.1) is 39.0 Å². The van der Waals surface area contributed by atoms with Crippen molar-refractivity contribution in [2.75, 3.05) is 45.8 Å². The van der Waals surface area contributed by atoms with Gasteiger partial charge in [-0.2, -0.15) is 0 Å². The molecule has 0 aromatic heterocycles. The van der Waals surface area contributed by atoms with E-state index in [1.54, 1.807) is 19.1 Å². The molecule has 11 nitrogen and oxygen atoms in total. The highest BCUT2D eigenvalue weighted by molar-refractivity contribution is 7.92. The number of anilines is 1. The Balaban J connectivity index is 2.15. The number of aryl methyl sites for hydroxylation is 1. The summed E-state index contributed by atoms with van der Waals surface area (Å²) < 4.78 is 51.2. The second kappa shape index (κ2) is 15.3. The predicted octanol–water partition coefficient (Wildman–Crippen LogP) is 4.17. The Bertz CT molecular complexity index is 1540. The summed E-state index contributed by atoms with van der Waals surface area (Å²) in [6.45, 7) is 5.38. The van der Waals surface area contributed by atoms with Crippen LogP contribution in [0.15, 0.2) is 65.6 Å². The topological polar surface area (TPSA) is 124 Å².